The maximum absolute atomic E-state index is 11.9. The Morgan fingerprint density at radius 2 is 2.00 bits per heavy atom. The lowest BCUT2D eigenvalue weighted by molar-refractivity contribution is -0.210. The zero-order valence-electron chi connectivity index (χ0n) is 4.55. The highest BCUT2D eigenvalue weighted by Gasteiger charge is 2.63. The minimum atomic E-state index is -4.30. The van der Waals surface area contributed by atoms with Crippen LogP contribution >= 0.6 is 0 Å². The predicted octanol–water partition coefficient (Wildman–Crippen LogP) is 0.277. The monoisotopic (exact) mass is 176 g/mol. The van der Waals surface area contributed by atoms with Gasteiger partial charge in [-0.1, -0.05) is 0 Å². The molecular formula is C3H3F3O3S. The van der Waals surface area contributed by atoms with Gasteiger partial charge in [-0.25, -0.2) is 4.39 Å². The van der Waals surface area contributed by atoms with Crippen LogP contribution in [0.15, 0.2) is 0 Å². The SMILES string of the molecule is O=S1(=O)OC(F)(F)C1CF. The van der Waals surface area contributed by atoms with Crippen LogP contribution in [-0.2, 0) is 14.3 Å². The maximum Gasteiger partial charge on any atom is 0.391 e. The highest BCUT2D eigenvalue weighted by molar-refractivity contribution is 7.88. The molecule has 60 valence electrons. The van der Waals surface area contributed by atoms with E-state index in [9.17, 15) is 21.6 Å². The molecule has 0 aromatic heterocycles. The van der Waals surface area contributed by atoms with Crippen molar-refractivity contribution in [2.24, 2.45) is 0 Å². The van der Waals surface area contributed by atoms with Crippen molar-refractivity contribution in [3.63, 3.8) is 0 Å². The summed E-state index contributed by atoms with van der Waals surface area (Å²) in [5.74, 6) is 0. The van der Waals surface area contributed by atoms with E-state index in [1.165, 1.54) is 0 Å². The molecule has 0 spiro atoms. The van der Waals surface area contributed by atoms with E-state index in [0.717, 1.165) is 0 Å². The van der Waals surface area contributed by atoms with E-state index in [-0.39, 0.29) is 0 Å². The van der Waals surface area contributed by atoms with Gasteiger partial charge in [0.15, 0.2) is 0 Å². The second-order valence-corrected chi connectivity index (χ2v) is 3.50. The van der Waals surface area contributed by atoms with Crippen LogP contribution in [0.4, 0.5) is 13.2 Å². The van der Waals surface area contributed by atoms with E-state index in [1.807, 2.05) is 0 Å². The van der Waals surface area contributed by atoms with E-state index in [0.29, 0.717) is 0 Å². The molecule has 0 aromatic rings. The van der Waals surface area contributed by atoms with Gasteiger partial charge in [-0.05, 0) is 0 Å². The lowest BCUT2D eigenvalue weighted by Crippen LogP contribution is -2.56. The molecule has 1 atom stereocenters. The summed E-state index contributed by atoms with van der Waals surface area (Å²) in [6, 6.07) is 0. The third-order valence-corrected chi connectivity index (χ3v) is 2.64. The molecule has 0 amide bonds. The summed E-state index contributed by atoms with van der Waals surface area (Å²) in [5, 5.41) is -2.31. The van der Waals surface area contributed by atoms with Gasteiger partial charge in [-0.15, -0.1) is 0 Å². The van der Waals surface area contributed by atoms with Crippen LogP contribution in [0.1, 0.15) is 0 Å². The second-order valence-electron chi connectivity index (χ2n) is 1.78. The molecular weight excluding hydrogens is 173 g/mol. The third-order valence-electron chi connectivity index (χ3n) is 1.09. The van der Waals surface area contributed by atoms with Crippen molar-refractivity contribution >= 4 is 10.1 Å². The molecule has 1 aliphatic heterocycles. The average molecular weight is 176 g/mol. The molecule has 10 heavy (non-hydrogen) atoms. The fourth-order valence-electron chi connectivity index (χ4n) is 0.559. The van der Waals surface area contributed by atoms with Crippen molar-refractivity contribution < 1.29 is 25.8 Å². The Hall–Kier alpha value is -0.300. The molecule has 7 heteroatoms. The molecule has 0 saturated carbocycles. The Kier molecular flexibility index (Phi) is 1.44. The minimum absolute atomic E-state index is 1.62. The molecule has 3 nitrogen and oxygen atoms in total. The van der Waals surface area contributed by atoms with Crippen molar-refractivity contribution in [3.05, 3.63) is 0 Å². The first-order valence-electron chi connectivity index (χ1n) is 2.28. The van der Waals surface area contributed by atoms with Crippen molar-refractivity contribution in [1.29, 1.82) is 0 Å². The van der Waals surface area contributed by atoms with Gasteiger partial charge < -0.3 is 0 Å². The number of hydrogen-bond donors (Lipinski definition) is 0. The Morgan fingerprint density at radius 1 is 1.50 bits per heavy atom. The van der Waals surface area contributed by atoms with Crippen molar-refractivity contribution in [2.75, 3.05) is 6.67 Å². The molecule has 1 heterocycles. The van der Waals surface area contributed by atoms with Crippen LogP contribution in [0.3, 0.4) is 0 Å². The van der Waals surface area contributed by atoms with Crippen molar-refractivity contribution in [1.82, 2.24) is 0 Å². The van der Waals surface area contributed by atoms with Gasteiger partial charge in [0.05, 0.1) is 0 Å². The maximum atomic E-state index is 11.9. The van der Waals surface area contributed by atoms with Crippen LogP contribution in [0.25, 0.3) is 0 Å². The number of rotatable bonds is 1. The van der Waals surface area contributed by atoms with Gasteiger partial charge in [-0.3, -0.25) is 0 Å². The molecule has 0 radical (unpaired) electrons. The minimum Gasteiger partial charge on any atom is -0.249 e. The number of alkyl halides is 3. The van der Waals surface area contributed by atoms with E-state index in [1.54, 1.807) is 0 Å². The second kappa shape index (κ2) is 1.85. The lowest BCUT2D eigenvalue weighted by Gasteiger charge is -2.32. The summed E-state index contributed by atoms with van der Waals surface area (Å²) < 4.78 is 58.6. The smallest absolute Gasteiger partial charge is 0.249 e. The summed E-state index contributed by atoms with van der Waals surface area (Å²) >= 11 is 0. The van der Waals surface area contributed by atoms with Gasteiger partial charge >= 0.3 is 6.11 Å². The summed E-state index contributed by atoms with van der Waals surface area (Å²) in [4.78, 5) is 0. The topological polar surface area (TPSA) is 43.4 Å². The fraction of sp³-hybridized carbons (Fsp3) is 1.00. The standard InChI is InChI=1S/C3H3F3O3S/c4-1-2-3(5,6)9-10(2,7)8/h2H,1H2. The third kappa shape index (κ3) is 0.891. The van der Waals surface area contributed by atoms with Gasteiger partial charge in [0.1, 0.15) is 6.67 Å². The Balaban J connectivity index is 2.84. The molecule has 1 unspecified atom stereocenters. The summed E-state index contributed by atoms with van der Waals surface area (Å²) in [7, 11) is -4.30. The Labute approximate surface area is 54.9 Å². The molecule has 1 aliphatic rings. The normalized spacial score (nSPS) is 34.9. The fourth-order valence-corrected chi connectivity index (χ4v) is 1.50. The molecule has 0 aliphatic carbocycles. The van der Waals surface area contributed by atoms with Crippen LogP contribution in [0.2, 0.25) is 0 Å². The van der Waals surface area contributed by atoms with E-state index in [4.69, 9.17) is 0 Å². The van der Waals surface area contributed by atoms with E-state index < -0.39 is 28.2 Å². The van der Waals surface area contributed by atoms with Gasteiger partial charge in [0.2, 0.25) is 5.25 Å². The van der Waals surface area contributed by atoms with E-state index >= 15 is 0 Å². The van der Waals surface area contributed by atoms with Gasteiger partial charge in [0.25, 0.3) is 10.1 Å². The number of halogens is 3. The Morgan fingerprint density at radius 3 is 2.10 bits per heavy atom. The molecule has 0 N–H and O–H groups in total. The molecule has 1 saturated heterocycles. The first-order valence-corrected chi connectivity index (χ1v) is 3.75. The van der Waals surface area contributed by atoms with Gasteiger partial charge in [-0.2, -0.15) is 21.4 Å². The first kappa shape index (κ1) is 7.80. The van der Waals surface area contributed by atoms with Crippen LogP contribution in [-0.4, -0.2) is 26.5 Å². The van der Waals surface area contributed by atoms with Crippen molar-refractivity contribution in [3.8, 4) is 0 Å². The molecule has 1 fully saturated rings. The molecule has 1 rings (SSSR count). The molecule has 0 bridgehead atoms. The highest BCUT2D eigenvalue weighted by Crippen LogP contribution is 2.39. The van der Waals surface area contributed by atoms with Crippen LogP contribution in [0, 0.1) is 0 Å². The zero-order chi connectivity index (χ0) is 7.99. The highest BCUT2D eigenvalue weighted by atomic mass is 32.2. The number of hydrogen-bond acceptors (Lipinski definition) is 3. The Bertz CT molecular complexity index is 233. The molecule has 0 aromatic carbocycles. The summed E-state index contributed by atoms with van der Waals surface area (Å²) in [6.07, 6.45) is -3.84. The average Bonchev–Trinajstić information content (AvgIpc) is 1.59. The lowest BCUT2D eigenvalue weighted by atomic mass is 10.4. The van der Waals surface area contributed by atoms with Gasteiger partial charge in [0, 0.05) is 0 Å². The summed E-state index contributed by atoms with van der Waals surface area (Å²) in [6.45, 7) is -1.62. The zero-order valence-corrected chi connectivity index (χ0v) is 5.37. The van der Waals surface area contributed by atoms with Crippen molar-refractivity contribution in [2.45, 2.75) is 11.4 Å². The largest absolute Gasteiger partial charge is 0.391 e. The van der Waals surface area contributed by atoms with Crippen LogP contribution in [0.5, 0.6) is 0 Å². The first-order chi connectivity index (χ1) is 4.40. The predicted molar refractivity (Wildman–Crippen MR) is 24.7 cm³/mol. The van der Waals surface area contributed by atoms with E-state index in [2.05, 4.69) is 4.18 Å². The van der Waals surface area contributed by atoms with Crippen LogP contribution < -0.4 is 0 Å². The summed E-state index contributed by atoms with van der Waals surface area (Å²) in [5.41, 5.74) is 0. The quantitative estimate of drug-likeness (QED) is 0.539.